The molecule has 5 heteroatoms. The van der Waals surface area contributed by atoms with Crippen molar-refractivity contribution in [1.29, 1.82) is 0 Å². The number of hydrogen-bond acceptors (Lipinski definition) is 5. The molecule has 110 valence electrons. The van der Waals surface area contributed by atoms with Crippen molar-refractivity contribution in [2.24, 2.45) is 0 Å². The van der Waals surface area contributed by atoms with Gasteiger partial charge >= 0.3 is 0 Å². The molecule has 0 bridgehead atoms. The van der Waals surface area contributed by atoms with Gasteiger partial charge in [-0.2, -0.15) is 0 Å². The van der Waals surface area contributed by atoms with Crippen LogP contribution in [0.4, 0.5) is 5.95 Å². The number of nitrogens with one attached hydrogen (secondary N) is 1. The average molecular weight is 285 g/mol. The third-order valence-electron chi connectivity index (χ3n) is 3.33. The number of ether oxygens (including phenoxy) is 2. The fraction of sp³-hybridized carbons (Fsp3) is 0.375. The highest BCUT2D eigenvalue weighted by atomic mass is 16.5. The Morgan fingerprint density at radius 1 is 1.19 bits per heavy atom. The number of hydrogen-bond donors (Lipinski definition) is 1. The molecule has 2 aromatic rings. The fourth-order valence-electron chi connectivity index (χ4n) is 2.29. The summed E-state index contributed by atoms with van der Waals surface area (Å²) in [4.78, 5) is 8.86. The summed E-state index contributed by atoms with van der Waals surface area (Å²) in [6.45, 7) is 6.21. The van der Waals surface area contributed by atoms with Gasteiger partial charge in [-0.15, -0.1) is 0 Å². The fourth-order valence-corrected chi connectivity index (χ4v) is 2.29. The first-order valence-corrected chi connectivity index (χ1v) is 7.25. The van der Waals surface area contributed by atoms with Gasteiger partial charge in [-0.1, -0.05) is 0 Å². The van der Waals surface area contributed by atoms with Crippen LogP contribution in [-0.4, -0.2) is 29.7 Å². The number of anilines is 1. The zero-order valence-electron chi connectivity index (χ0n) is 12.3. The van der Waals surface area contributed by atoms with Crippen molar-refractivity contribution in [1.82, 2.24) is 9.97 Å². The molecule has 0 saturated carbocycles. The Kier molecular flexibility index (Phi) is 3.90. The molecule has 0 unspecified atom stereocenters. The summed E-state index contributed by atoms with van der Waals surface area (Å²) in [6.07, 6.45) is 2.74. The number of aryl methyl sites for hydroxylation is 1. The van der Waals surface area contributed by atoms with Gasteiger partial charge in [0.05, 0.1) is 18.9 Å². The van der Waals surface area contributed by atoms with Crippen LogP contribution in [0.2, 0.25) is 0 Å². The molecule has 5 nitrogen and oxygen atoms in total. The normalized spacial score (nSPS) is 13.6. The average Bonchev–Trinajstić information content (AvgIpc) is 2.74. The first kappa shape index (κ1) is 13.7. The number of nitrogens with zero attached hydrogens (tertiary/aromatic N) is 2. The summed E-state index contributed by atoms with van der Waals surface area (Å²) in [5.74, 6) is 2.23. The van der Waals surface area contributed by atoms with Crippen molar-refractivity contribution < 1.29 is 9.47 Å². The number of benzene rings is 1. The Labute approximate surface area is 124 Å². The van der Waals surface area contributed by atoms with Crippen LogP contribution in [0, 0.1) is 6.92 Å². The van der Waals surface area contributed by atoms with E-state index in [1.165, 1.54) is 0 Å². The Morgan fingerprint density at radius 3 is 2.81 bits per heavy atom. The van der Waals surface area contributed by atoms with E-state index in [1.54, 1.807) is 0 Å². The van der Waals surface area contributed by atoms with Crippen LogP contribution in [0.25, 0.3) is 11.3 Å². The minimum absolute atomic E-state index is 0.644. The van der Waals surface area contributed by atoms with Gasteiger partial charge in [-0.05, 0) is 37.6 Å². The molecule has 0 saturated heterocycles. The predicted molar refractivity (Wildman–Crippen MR) is 82.0 cm³/mol. The molecule has 0 aliphatic carbocycles. The number of aromatic nitrogens is 2. The van der Waals surface area contributed by atoms with Crippen molar-refractivity contribution >= 4 is 5.95 Å². The Morgan fingerprint density at radius 2 is 2.00 bits per heavy atom. The lowest BCUT2D eigenvalue weighted by Gasteiger charge is -2.11. The smallest absolute Gasteiger partial charge is 0.223 e. The highest BCUT2D eigenvalue weighted by molar-refractivity contribution is 5.67. The summed E-state index contributed by atoms with van der Waals surface area (Å²) in [5.41, 5.74) is 2.96. The maximum absolute atomic E-state index is 5.74. The Balaban J connectivity index is 2.00. The van der Waals surface area contributed by atoms with Crippen LogP contribution in [0.1, 0.15) is 18.9 Å². The maximum Gasteiger partial charge on any atom is 0.223 e. The van der Waals surface area contributed by atoms with Crippen molar-refractivity contribution in [2.45, 2.75) is 20.3 Å². The van der Waals surface area contributed by atoms with Gasteiger partial charge in [0.15, 0.2) is 11.5 Å². The standard InChI is InChI=1S/C16H19N3O2/c1-3-17-16-18-10-11(2)15(19-16)12-5-6-13-14(9-12)21-8-4-7-20-13/h5-6,9-10H,3-4,7-8H2,1-2H3,(H,17,18,19). The molecule has 1 N–H and O–H groups in total. The number of rotatable bonds is 3. The monoisotopic (exact) mass is 285 g/mol. The topological polar surface area (TPSA) is 56.3 Å². The minimum Gasteiger partial charge on any atom is -0.490 e. The maximum atomic E-state index is 5.74. The Bertz CT molecular complexity index is 643. The molecule has 0 radical (unpaired) electrons. The van der Waals surface area contributed by atoms with E-state index in [1.807, 2.05) is 38.2 Å². The van der Waals surface area contributed by atoms with Crippen LogP contribution in [-0.2, 0) is 0 Å². The second-order valence-corrected chi connectivity index (χ2v) is 4.97. The van der Waals surface area contributed by atoms with Gasteiger partial charge in [0, 0.05) is 24.7 Å². The van der Waals surface area contributed by atoms with Gasteiger partial charge in [0.1, 0.15) is 0 Å². The lowest BCUT2D eigenvalue weighted by Crippen LogP contribution is -2.03. The van der Waals surface area contributed by atoms with Gasteiger partial charge in [-0.3, -0.25) is 0 Å². The molecule has 2 heterocycles. The second-order valence-electron chi connectivity index (χ2n) is 4.97. The molecule has 0 amide bonds. The van der Waals surface area contributed by atoms with Crippen LogP contribution < -0.4 is 14.8 Å². The first-order valence-electron chi connectivity index (χ1n) is 7.25. The molecule has 21 heavy (non-hydrogen) atoms. The summed E-state index contributed by atoms with van der Waals surface area (Å²) >= 11 is 0. The zero-order chi connectivity index (χ0) is 14.7. The van der Waals surface area contributed by atoms with Crippen LogP contribution in [0.3, 0.4) is 0 Å². The quantitative estimate of drug-likeness (QED) is 0.939. The highest BCUT2D eigenvalue weighted by Crippen LogP contribution is 2.34. The molecule has 0 atom stereocenters. The Hall–Kier alpha value is -2.30. The van der Waals surface area contributed by atoms with Gasteiger partial charge in [0.25, 0.3) is 0 Å². The molecule has 1 aliphatic rings. The molecule has 1 aromatic carbocycles. The SMILES string of the molecule is CCNc1ncc(C)c(-c2ccc3c(c2)OCCCO3)n1. The second kappa shape index (κ2) is 5.99. The van der Waals surface area contributed by atoms with E-state index in [0.29, 0.717) is 19.2 Å². The van der Waals surface area contributed by atoms with E-state index in [-0.39, 0.29) is 0 Å². The van der Waals surface area contributed by atoms with Crippen molar-refractivity contribution in [2.75, 3.05) is 25.1 Å². The molecule has 1 aliphatic heterocycles. The lowest BCUT2D eigenvalue weighted by molar-refractivity contribution is 0.297. The van der Waals surface area contributed by atoms with E-state index in [9.17, 15) is 0 Å². The van der Waals surface area contributed by atoms with Crippen molar-refractivity contribution in [3.8, 4) is 22.8 Å². The van der Waals surface area contributed by atoms with Gasteiger partial charge in [-0.25, -0.2) is 9.97 Å². The van der Waals surface area contributed by atoms with E-state index >= 15 is 0 Å². The third-order valence-corrected chi connectivity index (χ3v) is 3.33. The lowest BCUT2D eigenvalue weighted by atomic mass is 10.1. The highest BCUT2D eigenvalue weighted by Gasteiger charge is 2.13. The van der Waals surface area contributed by atoms with Crippen LogP contribution in [0.5, 0.6) is 11.5 Å². The van der Waals surface area contributed by atoms with Crippen LogP contribution >= 0.6 is 0 Å². The minimum atomic E-state index is 0.644. The third kappa shape index (κ3) is 2.91. The van der Waals surface area contributed by atoms with E-state index in [4.69, 9.17) is 9.47 Å². The molecular weight excluding hydrogens is 266 g/mol. The summed E-state index contributed by atoms with van der Waals surface area (Å²) in [6, 6.07) is 5.95. The van der Waals surface area contributed by atoms with Gasteiger partial charge < -0.3 is 14.8 Å². The molecule has 3 rings (SSSR count). The van der Waals surface area contributed by atoms with Gasteiger partial charge in [0.2, 0.25) is 5.95 Å². The van der Waals surface area contributed by atoms with E-state index in [2.05, 4.69) is 15.3 Å². The van der Waals surface area contributed by atoms with Crippen molar-refractivity contribution in [3.63, 3.8) is 0 Å². The molecule has 0 spiro atoms. The molecular formula is C16H19N3O2. The summed E-state index contributed by atoms with van der Waals surface area (Å²) in [7, 11) is 0. The summed E-state index contributed by atoms with van der Waals surface area (Å²) < 4.78 is 11.4. The van der Waals surface area contributed by atoms with E-state index in [0.717, 1.165) is 41.3 Å². The summed E-state index contributed by atoms with van der Waals surface area (Å²) in [5, 5.41) is 3.14. The van der Waals surface area contributed by atoms with E-state index < -0.39 is 0 Å². The number of fused-ring (bicyclic) bond motifs is 1. The largest absolute Gasteiger partial charge is 0.490 e. The predicted octanol–water partition coefficient (Wildman–Crippen LogP) is 3.05. The van der Waals surface area contributed by atoms with Crippen molar-refractivity contribution in [3.05, 3.63) is 30.0 Å². The molecule has 0 fully saturated rings. The zero-order valence-corrected chi connectivity index (χ0v) is 12.3. The molecule has 1 aromatic heterocycles. The van der Waals surface area contributed by atoms with Crippen LogP contribution in [0.15, 0.2) is 24.4 Å². The first-order chi connectivity index (χ1) is 10.3.